The maximum Gasteiger partial charge on any atom is 0.270 e. The number of imidazole rings is 1. The Labute approximate surface area is 203 Å². The first kappa shape index (κ1) is 24.3. The highest BCUT2D eigenvalue weighted by Crippen LogP contribution is 2.31. The Balaban J connectivity index is 1.33. The van der Waals surface area contributed by atoms with E-state index in [4.69, 9.17) is 4.42 Å². The zero-order valence-corrected chi connectivity index (χ0v) is 19.7. The predicted molar refractivity (Wildman–Crippen MR) is 135 cm³/mol. The molecule has 0 bridgehead atoms. The van der Waals surface area contributed by atoms with Crippen LogP contribution in [-0.2, 0) is 17.1 Å². The smallest absolute Gasteiger partial charge is 0.270 e. The van der Waals surface area contributed by atoms with E-state index in [-0.39, 0.29) is 11.3 Å². The first-order valence-corrected chi connectivity index (χ1v) is 11.3. The van der Waals surface area contributed by atoms with Gasteiger partial charge in [-0.15, -0.1) is 0 Å². The summed E-state index contributed by atoms with van der Waals surface area (Å²) in [7, 11) is 1.97. The van der Waals surface area contributed by atoms with Crippen molar-refractivity contribution in [2.45, 2.75) is 38.8 Å². The van der Waals surface area contributed by atoms with E-state index in [1.165, 1.54) is 18.2 Å². The van der Waals surface area contributed by atoms with E-state index in [0.717, 1.165) is 36.6 Å². The van der Waals surface area contributed by atoms with Gasteiger partial charge in [-0.2, -0.15) is 0 Å². The Morgan fingerprint density at radius 2 is 2.00 bits per heavy atom. The fourth-order valence-electron chi connectivity index (χ4n) is 3.67. The number of halogens is 2. The van der Waals surface area contributed by atoms with Crippen molar-refractivity contribution in [2.24, 2.45) is 0 Å². The lowest BCUT2D eigenvalue weighted by atomic mass is 9.67. The van der Waals surface area contributed by atoms with Gasteiger partial charge in [-0.3, -0.25) is 4.79 Å². The lowest BCUT2D eigenvalue weighted by molar-refractivity contribution is -0.113. The normalized spacial score (nSPS) is 12.2. The molecule has 8 heteroatoms. The molecule has 0 unspecified atom stereocenters. The minimum atomic E-state index is -2.93. The van der Waals surface area contributed by atoms with E-state index >= 15 is 0 Å². The van der Waals surface area contributed by atoms with Gasteiger partial charge in [-0.1, -0.05) is 31.1 Å². The molecule has 4 aromatic rings. The van der Waals surface area contributed by atoms with Crippen molar-refractivity contribution in [3.05, 3.63) is 90.0 Å². The van der Waals surface area contributed by atoms with Crippen molar-refractivity contribution < 1.29 is 18.0 Å². The van der Waals surface area contributed by atoms with Crippen molar-refractivity contribution in [3.63, 3.8) is 0 Å². The van der Waals surface area contributed by atoms with E-state index in [2.05, 4.69) is 16.5 Å². The van der Waals surface area contributed by atoms with Crippen LogP contribution < -0.4 is 0 Å². The maximum absolute atomic E-state index is 13.6. The average molecular weight is 472 g/mol. The molecule has 0 atom stereocenters. The van der Waals surface area contributed by atoms with Crippen LogP contribution >= 0.6 is 0 Å². The number of ketones is 1. The zero-order valence-electron chi connectivity index (χ0n) is 19.7. The highest BCUT2D eigenvalue weighted by atomic mass is 19.3. The number of hydrogen-bond donors (Lipinski definition) is 0. The van der Waals surface area contributed by atoms with Gasteiger partial charge >= 0.3 is 0 Å². The highest BCUT2D eigenvalue weighted by molar-refractivity contribution is 6.43. The number of alkyl halides is 2. The molecule has 5 nitrogen and oxygen atoms in total. The Hall–Kier alpha value is -3.81. The molecular weight excluding hydrogens is 447 g/mol. The van der Waals surface area contributed by atoms with Crippen LogP contribution in [0.4, 0.5) is 8.78 Å². The van der Waals surface area contributed by atoms with Gasteiger partial charge in [0.15, 0.2) is 11.4 Å². The first-order chi connectivity index (χ1) is 16.7. The van der Waals surface area contributed by atoms with Crippen molar-refractivity contribution in [1.29, 1.82) is 0 Å². The van der Waals surface area contributed by atoms with Gasteiger partial charge in [-0.05, 0) is 55.6 Å². The van der Waals surface area contributed by atoms with Crippen LogP contribution in [0.1, 0.15) is 23.9 Å². The number of benzene rings is 2. The number of hydrogen-bond acceptors (Lipinski definition) is 4. The number of aromatic nitrogens is 3. The lowest BCUT2D eigenvalue weighted by Gasteiger charge is -2.09. The fraction of sp³-hybridized carbons (Fsp3) is 0.222. The third kappa shape index (κ3) is 5.82. The summed E-state index contributed by atoms with van der Waals surface area (Å²) in [4.78, 5) is 21.0. The van der Waals surface area contributed by atoms with Crippen LogP contribution in [0.2, 0.25) is 12.6 Å². The topological polar surface area (TPSA) is 60.9 Å². The van der Waals surface area contributed by atoms with Crippen molar-refractivity contribution >= 4 is 30.4 Å². The second-order valence-corrected chi connectivity index (χ2v) is 8.41. The molecule has 4 rings (SSSR count). The van der Waals surface area contributed by atoms with Gasteiger partial charge < -0.3 is 8.98 Å². The number of aryl methyl sites for hydroxylation is 2. The molecule has 177 valence electrons. The van der Waals surface area contributed by atoms with Gasteiger partial charge in [0.25, 0.3) is 5.92 Å². The second-order valence-electron chi connectivity index (χ2n) is 8.41. The van der Waals surface area contributed by atoms with Crippen LogP contribution in [0.5, 0.6) is 0 Å². The zero-order chi connectivity index (χ0) is 25.0. The van der Waals surface area contributed by atoms with Gasteiger partial charge in [0.2, 0.25) is 5.89 Å². The van der Waals surface area contributed by atoms with Crippen molar-refractivity contribution in [2.75, 3.05) is 0 Å². The molecule has 2 heterocycles. The monoisotopic (exact) mass is 472 g/mol. The van der Waals surface area contributed by atoms with E-state index in [1.807, 2.05) is 38.5 Å². The minimum Gasteiger partial charge on any atom is -0.436 e. The summed E-state index contributed by atoms with van der Waals surface area (Å²) in [6.07, 6.45) is 8.63. The van der Waals surface area contributed by atoms with Crippen LogP contribution in [0.25, 0.3) is 28.8 Å². The molecule has 0 spiro atoms. The van der Waals surface area contributed by atoms with Gasteiger partial charge in [0, 0.05) is 42.2 Å². The second kappa shape index (κ2) is 10.2. The molecule has 0 amide bonds. The maximum atomic E-state index is 13.6. The Morgan fingerprint density at radius 1 is 1.23 bits per heavy atom. The van der Waals surface area contributed by atoms with E-state index < -0.39 is 5.92 Å². The lowest BCUT2D eigenvalue weighted by Crippen LogP contribution is -2.06. The number of nitrogens with zero attached hydrogens (tertiary/aromatic N) is 3. The largest absolute Gasteiger partial charge is 0.436 e. The summed E-state index contributed by atoms with van der Waals surface area (Å²) in [5.74, 6) is -1.74. The third-order valence-electron chi connectivity index (χ3n) is 5.74. The number of carbonyl (C=O) groups is 1. The number of allylic oxidation sites excluding steroid dienone is 2. The summed E-state index contributed by atoms with van der Waals surface area (Å²) in [6, 6.07) is 12.0. The molecule has 0 aliphatic heterocycles. The van der Waals surface area contributed by atoms with E-state index in [0.29, 0.717) is 28.9 Å². The van der Waals surface area contributed by atoms with Crippen LogP contribution in [0.3, 0.4) is 0 Å². The fourth-order valence-corrected chi connectivity index (χ4v) is 3.67. The van der Waals surface area contributed by atoms with Gasteiger partial charge in [0.1, 0.15) is 18.6 Å². The van der Waals surface area contributed by atoms with E-state index in [9.17, 15) is 13.6 Å². The molecule has 0 aliphatic carbocycles. The van der Waals surface area contributed by atoms with Crippen molar-refractivity contribution in [1.82, 2.24) is 14.5 Å². The Morgan fingerprint density at radius 3 is 2.66 bits per heavy atom. The Bertz CT molecular complexity index is 1380. The molecular formula is C27H25BF2N3O2. The highest BCUT2D eigenvalue weighted by Gasteiger charge is 2.25. The molecule has 1 radical (unpaired) electrons. The summed E-state index contributed by atoms with van der Waals surface area (Å²) in [5.41, 5.74) is 3.19. The van der Waals surface area contributed by atoms with Gasteiger partial charge in [-0.25, -0.2) is 18.7 Å². The molecule has 0 aliphatic rings. The number of Topliss-reactive ketones (excluding diaryl/α,β-unsaturated/α-hetero) is 1. The summed E-state index contributed by atoms with van der Waals surface area (Å²) in [5, 5.41) is 0. The summed E-state index contributed by atoms with van der Waals surface area (Å²) < 4.78 is 34.7. The number of carbonyl (C=O) groups excluding carboxylic acids is 1. The third-order valence-corrected chi connectivity index (χ3v) is 5.74. The van der Waals surface area contributed by atoms with Gasteiger partial charge in [0.05, 0.1) is 0 Å². The number of oxazole rings is 1. The molecule has 2 aromatic carbocycles. The van der Waals surface area contributed by atoms with Crippen LogP contribution in [-0.4, -0.2) is 27.6 Å². The molecule has 0 saturated carbocycles. The molecule has 0 N–H and O–H groups in total. The first-order valence-electron chi connectivity index (χ1n) is 11.3. The quantitative estimate of drug-likeness (QED) is 0.115. The SMILES string of the molecule is C=C/C(=C\n1ccnc1C)C(=O)C[B]CCc1ccc(-c2nc3cc(C(C)(F)F)ccc3o2)cc1. The molecule has 0 fully saturated rings. The van der Waals surface area contributed by atoms with Crippen molar-refractivity contribution in [3.8, 4) is 11.5 Å². The summed E-state index contributed by atoms with van der Waals surface area (Å²) >= 11 is 0. The van der Waals surface area contributed by atoms with E-state index in [1.54, 1.807) is 29.2 Å². The summed E-state index contributed by atoms with van der Waals surface area (Å²) in [6.45, 7) is 6.47. The van der Waals surface area contributed by atoms with Crippen LogP contribution in [0.15, 0.2) is 77.5 Å². The molecule has 0 saturated heterocycles. The Kier molecular flexibility index (Phi) is 7.10. The predicted octanol–water partition coefficient (Wildman–Crippen LogP) is 6.49. The van der Waals surface area contributed by atoms with Crippen LogP contribution in [0, 0.1) is 6.92 Å². The standard InChI is InChI=1S/C27H25BF2N3O2/c1-4-20(17-33-14-13-31-18(33)2)24(34)16-28-12-11-19-5-7-21(8-6-19)26-32-23-15-22(27(3,29)30)9-10-25(23)35-26/h4-10,13-15,17H,1,11-12,16H2,2-3H3/b20-17+. The number of fused-ring (bicyclic) bond motifs is 1. The number of rotatable bonds is 10. The molecule has 2 aromatic heterocycles. The average Bonchev–Trinajstić information content (AvgIpc) is 3.45. The minimum absolute atomic E-state index is 0.00315. The molecule has 35 heavy (non-hydrogen) atoms.